The molecule has 3 aromatic carbocycles. The Bertz CT molecular complexity index is 1320. The molecule has 5 rings (SSSR count). The summed E-state index contributed by atoms with van der Waals surface area (Å²) < 4.78 is 12.2. The highest BCUT2D eigenvalue weighted by Gasteiger charge is 2.25. The molecule has 8 heteroatoms. The zero-order valence-corrected chi connectivity index (χ0v) is 21.7. The van der Waals surface area contributed by atoms with E-state index >= 15 is 0 Å². The monoisotopic (exact) mass is 511 g/mol. The number of thiazole rings is 1. The average molecular weight is 512 g/mol. The van der Waals surface area contributed by atoms with Gasteiger partial charge >= 0.3 is 0 Å². The lowest BCUT2D eigenvalue weighted by Gasteiger charge is -2.29. The van der Waals surface area contributed by atoms with Gasteiger partial charge in [0.05, 0.1) is 36.1 Å². The van der Waals surface area contributed by atoms with E-state index in [9.17, 15) is 4.79 Å². The molecule has 35 heavy (non-hydrogen) atoms. The van der Waals surface area contributed by atoms with Crippen LogP contribution in [0, 0.1) is 0 Å². The van der Waals surface area contributed by atoms with Crippen LogP contribution >= 0.6 is 23.7 Å². The predicted octanol–water partition coefficient (Wildman–Crippen LogP) is 5.42. The van der Waals surface area contributed by atoms with Gasteiger partial charge in [-0.2, -0.15) is 0 Å². The van der Waals surface area contributed by atoms with Crippen molar-refractivity contribution in [3.63, 3.8) is 0 Å². The summed E-state index contributed by atoms with van der Waals surface area (Å²) >= 11 is 1.57. The molecule has 184 valence electrons. The topological polar surface area (TPSA) is 54.9 Å². The first-order valence-electron chi connectivity index (χ1n) is 11.7. The number of methoxy groups -OCH3 is 1. The number of hydrogen-bond donors (Lipinski definition) is 0. The van der Waals surface area contributed by atoms with Crippen molar-refractivity contribution in [1.29, 1.82) is 0 Å². The fraction of sp³-hybridized carbons (Fsp3) is 0.333. The van der Waals surface area contributed by atoms with Crippen molar-refractivity contribution >= 4 is 55.8 Å². The van der Waals surface area contributed by atoms with E-state index in [0.717, 1.165) is 65.4 Å². The number of carbonyl (C=O) groups is 1. The highest BCUT2D eigenvalue weighted by atomic mass is 35.5. The molecule has 2 heterocycles. The van der Waals surface area contributed by atoms with Gasteiger partial charge in [0.2, 0.25) is 0 Å². The number of fused-ring (bicyclic) bond motifs is 2. The standard InChI is InChI=1S/C27H29N3O3S.ClH/c1-3-19-8-9-23-25(16-19)34-27(28-23)30(11-10-29-12-14-33-15-13-29)26(31)22-17-20-6-4-5-7-21(20)18-24(22)32-2;/h4-9,16-18H,3,10-15H2,1-2H3;1H. The lowest BCUT2D eigenvalue weighted by atomic mass is 10.0. The van der Waals surface area contributed by atoms with Crippen LogP contribution in [-0.2, 0) is 11.2 Å². The normalized spacial score (nSPS) is 14.1. The van der Waals surface area contributed by atoms with Crippen molar-refractivity contribution in [2.45, 2.75) is 13.3 Å². The molecular formula is C27H30ClN3O3S. The zero-order valence-electron chi connectivity index (χ0n) is 20.0. The molecule has 0 atom stereocenters. The predicted molar refractivity (Wildman–Crippen MR) is 146 cm³/mol. The number of benzene rings is 3. The molecule has 0 radical (unpaired) electrons. The fourth-order valence-electron chi connectivity index (χ4n) is 4.34. The van der Waals surface area contributed by atoms with Crippen LogP contribution in [-0.4, -0.2) is 62.3 Å². The van der Waals surface area contributed by atoms with Gasteiger partial charge in [-0.25, -0.2) is 4.98 Å². The molecule has 1 saturated heterocycles. The number of ether oxygens (including phenoxy) is 2. The summed E-state index contributed by atoms with van der Waals surface area (Å²) in [4.78, 5) is 23.0. The second kappa shape index (κ2) is 11.4. The van der Waals surface area contributed by atoms with Crippen molar-refractivity contribution in [1.82, 2.24) is 9.88 Å². The molecule has 0 bridgehead atoms. The maximum absolute atomic E-state index is 14.0. The molecule has 1 aliphatic heterocycles. The lowest BCUT2D eigenvalue weighted by molar-refractivity contribution is 0.0391. The molecule has 1 aromatic heterocycles. The summed E-state index contributed by atoms with van der Waals surface area (Å²) in [7, 11) is 1.61. The molecule has 1 amide bonds. The van der Waals surface area contributed by atoms with Gasteiger partial charge in [-0.1, -0.05) is 48.6 Å². The van der Waals surface area contributed by atoms with E-state index in [1.165, 1.54) is 5.56 Å². The molecule has 0 aliphatic carbocycles. The molecule has 0 N–H and O–H groups in total. The molecule has 0 spiro atoms. The van der Waals surface area contributed by atoms with Crippen molar-refractivity contribution in [2.75, 3.05) is 51.4 Å². The molecule has 6 nitrogen and oxygen atoms in total. The summed E-state index contributed by atoms with van der Waals surface area (Å²) in [6, 6.07) is 18.2. The van der Waals surface area contributed by atoms with E-state index in [-0.39, 0.29) is 18.3 Å². The second-order valence-corrected chi connectivity index (χ2v) is 9.47. The minimum atomic E-state index is -0.0920. The van der Waals surface area contributed by atoms with Gasteiger partial charge in [-0.3, -0.25) is 14.6 Å². The number of anilines is 1. The quantitative estimate of drug-likeness (QED) is 0.331. The third-order valence-corrected chi connectivity index (χ3v) is 7.41. The van der Waals surface area contributed by atoms with E-state index in [1.807, 2.05) is 41.3 Å². The first-order valence-corrected chi connectivity index (χ1v) is 12.6. The zero-order chi connectivity index (χ0) is 23.5. The smallest absolute Gasteiger partial charge is 0.263 e. The minimum absolute atomic E-state index is 0. The Morgan fingerprint density at radius 2 is 1.86 bits per heavy atom. The Morgan fingerprint density at radius 3 is 2.57 bits per heavy atom. The number of aryl methyl sites for hydroxylation is 1. The van der Waals surface area contributed by atoms with Gasteiger partial charge in [-0.05, 0) is 47.0 Å². The Hall–Kier alpha value is -2.71. The third kappa shape index (κ3) is 5.43. The van der Waals surface area contributed by atoms with Crippen molar-refractivity contribution in [3.05, 3.63) is 65.7 Å². The van der Waals surface area contributed by atoms with Gasteiger partial charge in [0.25, 0.3) is 5.91 Å². The van der Waals surface area contributed by atoms with Crippen LogP contribution in [0.1, 0.15) is 22.8 Å². The molecule has 0 unspecified atom stereocenters. The van der Waals surface area contributed by atoms with Gasteiger partial charge < -0.3 is 9.47 Å². The fourth-order valence-corrected chi connectivity index (χ4v) is 5.40. The third-order valence-electron chi connectivity index (χ3n) is 6.37. The molecule has 1 fully saturated rings. The van der Waals surface area contributed by atoms with E-state index in [0.29, 0.717) is 17.9 Å². The maximum Gasteiger partial charge on any atom is 0.263 e. The van der Waals surface area contributed by atoms with E-state index in [1.54, 1.807) is 18.4 Å². The van der Waals surface area contributed by atoms with Gasteiger partial charge in [0, 0.05) is 26.2 Å². The van der Waals surface area contributed by atoms with Crippen molar-refractivity contribution in [3.8, 4) is 5.75 Å². The van der Waals surface area contributed by atoms with Crippen LogP contribution in [0.5, 0.6) is 5.75 Å². The number of morpholine rings is 1. The summed E-state index contributed by atoms with van der Waals surface area (Å²) in [5.41, 5.74) is 2.74. The van der Waals surface area contributed by atoms with Gasteiger partial charge in [0.1, 0.15) is 5.75 Å². The number of nitrogens with zero attached hydrogens (tertiary/aromatic N) is 3. The van der Waals surface area contributed by atoms with E-state index in [2.05, 4.69) is 30.0 Å². The Morgan fingerprint density at radius 1 is 1.11 bits per heavy atom. The highest BCUT2D eigenvalue weighted by Crippen LogP contribution is 2.33. The van der Waals surface area contributed by atoms with Crippen LogP contribution in [0.3, 0.4) is 0 Å². The molecule has 1 aliphatic rings. The van der Waals surface area contributed by atoms with Gasteiger partial charge in [0.15, 0.2) is 5.13 Å². The van der Waals surface area contributed by atoms with Crippen LogP contribution in [0.15, 0.2) is 54.6 Å². The maximum atomic E-state index is 14.0. The number of amides is 1. The first kappa shape index (κ1) is 25.4. The number of rotatable bonds is 7. The van der Waals surface area contributed by atoms with E-state index < -0.39 is 0 Å². The molecule has 0 saturated carbocycles. The molecule has 4 aromatic rings. The Labute approximate surface area is 215 Å². The average Bonchev–Trinajstić information content (AvgIpc) is 3.31. The number of carbonyl (C=O) groups excluding carboxylic acids is 1. The Balaban J connectivity index is 0.00000289. The van der Waals surface area contributed by atoms with Crippen molar-refractivity contribution < 1.29 is 14.3 Å². The highest BCUT2D eigenvalue weighted by molar-refractivity contribution is 7.22. The van der Waals surface area contributed by atoms with Crippen LogP contribution < -0.4 is 9.64 Å². The van der Waals surface area contributed by atoms with E-state index in [4.69, 9.17) is 14.5 Å². The minimum Gasteiger partial charge on any atom is -0.496 e. The van der Waals surface area contributed by atoms with Gasteiger partial charge in [-0.15, -0.1) is 12.4 Å². The molecular weight excluding hydrogens is 482 g/mol. The summed E-state index contributed by atoms with van der Waals surface area (Å²) in [6.07, 6.45) is 0.969. The summed E-state index contributed by atoms with van der Waals surface area (Å²) in [5.74, 6) is 0.486. The number of hydrogen-bond acceptors (Lipinski definition) is 6. The number of aromatic nitrogens is 1. The first-order chi connectivity index (χ1) is 16.7. The summed E-state index contributed by atoms with van der Waals surface area (Å²) in [5, 5.41) is 2.77. The second-order valence-electron chi connectivity index (χ2n) is 8.46. The lowest BCUT2D eigenvalue weighted by Crippen LogP contribution is -2.43. The van der Waals surface area contributed by atoms with Crippen LogP contribution in [0.4, 0.5) is 5.13 Å². The van der Waals surface area contributed by atoms with Crippen molar-refractivity contribution in [2.24, 2.45) is 0 Å². The summed E-state index contributed by atoms with van der Waals surface area (Å²) in [6.45, 7) is 6.67. The largest absolute Gasteiger partial charge is 0.496 e. The number of halogens is 1. The SMILES string of the molecule is CCc1ccc2nc(N(CCN3CCOCC3)C(=O)c3cc4ccccc4cc3OC)sc2c1.Cl. The van der Waals surface area contributed by atoms with Crippen LogP contribution in [0.25, 0.3) is 21.0 Å². The Kier molecular flexibility index (Phi) is 8.23. The van der Waals surface area contributed by atoms with Crippen LogP contribution in [0.2, 0.25) is 0 Å².